The molecule has 1 rings (SSSR count). The molecule has 0 aliphatic rings. The average Bonchev–Trinajstić information content (AvgIpc) is 1.94. The van der Waals surface area contributed by atoms with E-state index in [1.54, 1.807) is 6.07 Å². The van der Waals surface area contributed by atoms with Gasteiger partial charge in [0.1, 0.15) is 0 Å². The molecule has 0 saturated carbocycles. The molecule has 54 valence electrons. The number of halogens is 1. The molecule has 0 fully saturated rings. The van der Waals surface area contributed by atoms with Crippen LogP contribution in [0.4, 0.5) is 0 Å². The topological polar surface area (TPSA) is 32.9 Å². The Bertz CT molecular complexity index is 279. The zero-order valence-corrected chi connectivity index (χ0v) is 6.40. The van der Waals surface area contributed by atoms with E-state index in [1.165, 1.54) is 6.07 Å². The fourth-order valence-corrected chi connectivity index (χ4v) is 1.01. The lowest BCUT2D eigenvalue weighted by Crippen LogP contribution is -2.07. The number of aryl methyl sites for hydroxylation is 1. The Hall–Kier alpha value is -0.760. The normalized spacial score (nSPS) is 9.80. The Balaban J connectivity index is 3.22. The summed E-state index contributed by atoms with van der Waals surface area (Å²) in [5.74, 6) is 0.363. The summed E-state index contributed by atoms with van der Waals surface area (Å²) < 4.78 is 0. The predicted octanol–water partition coefficient (Wildman–Crippen LogP) is 1.42. The molecule has 0 bridgehead atoms. The van der Waals surface area contributed by atoms with E-state index in [4.69, 9.17) is 11.6 Å². The van der Waals surface area contributed by atoms with Gasteiger partial charge in [0.15, 0.2) is 0 Å². The van der Waals surface area contributed by atoms with Gasteiger partial charge >= 0.3 is 0 Å². The number of hydrogen-bond donors (Lipinski definition) is 1. The van der Waals surface area contributed by atoms with Gasteiger partial charge in [-0.2, -0.15) is 0 Å². The third-order valence-electron chi connectivity index (χ3n) is 1.37. The first-order chi connectivity index (χ1) is 4.74. The molecule has 0 saturated heterocycles. The Morgan fingerprint density at radius 2 is 2.30 bits per heavy atom. The smallest absolute Gasteiger partial charge is 0.248 e. The number of H-pyrrole nitrogens is 1. The molecule has 0 unspecified atom stereocenters. The molecule has 10 heavy (non-hydrogen) atoms. The van der Waals surface area contributed by atoms with Gasteiger partial charge in [0.25, 0.3) is 0 Å². The van der Waals surface area contributed by atoms with Crippen molar-refractivity contribution < 1.29 is 0 Å². The van der Waals surface area contributed by atoms with Crippen LogP contribution in [0.5, 0.6) is 0 Å². The molecule has 1 aromatic heterocycles. The van der Waals surface area contributed by atoms with Crippen LogP contribution >= 0.6 is 11.6 Å². The summed E-state index contributed by atoms with van der Waals surface area (Å²) >= 11 is 5.53. The molecule has 3 heteroatoms. The van der Waals surface area contributed by atoms with Crippen molar-refractivity contribution in [3.8, 4) is 0 Å². The molecule has 2 nitrogen and oxygen atoms in total. The van der Waals surface area contributed by atoms with Gasteiger partial charge in [-0.05, 0) is 12.5 Å². The van der Waals surface area contributed by atoms with Gasteiger partial charge in [0.2, 0.25) is 5.56 Å². The zero-order chi connectivity index (χ0) is 7.56. The van der Waals surface area contributed by atoms with Gasteiger partial charge in [-0.15, -0.1) is 11.6 Å². The standard InChI is InChI=1S/C7H8ClNO/c1-5-2-3-7(10)9-6(5)4-8/h2-3H,4H2,1H3,(H,9,10). The SMILES string of the molecule is Cc1ccc(=O)[nH]c1CCl. The maximum absolute atomic E-state index is 10.7. The largest absolute Gasteiger partial charge is 0.325 e. The number of nitrogens with one attached hydrogen (secondary N) is 1. The van der Waals surface area contributed by atoms with Crippen LogP contribution in [0.25, 0.3) is 0 Å². The monoisotopic (exact) mass is 157 g/mol. The highest BCUT2D eigenvalue weighted by Gasteiger charge is 1.94. The van der Waals surface area contributed by atoms with Gasteiger partial charge in [-0.1, -0.05) is 6.07 Å². The lowest BCUT2D eigenvalue weighted by Gasteiger charge is -1.97. The van der Waals surface area contributed by atoms with E-state index in [0.29, 0.717) is 5.88 Å². The van der Waals surface area contributed by atoms with Crippen molar-refractivity contribution in [1.29, 1.82) is 0 Å². The van der Waals surface area contributed by atoms with Crippen molar-refractivity contribution >= 4 is 11.6 Å². The Morgan fingerprint density at radius 1 is 1.60 bits per heavy atom. The first kappa shape index (κ1) is 7.35. The Kier molecular flexibility index (Phi) is 2.12. The Labute approximate surface area is 63.8 Å². The van der Waals surface area contributed by atoms with Crippen LogP contribution in [-0.4, -0.2) is 4.98 Å². The molecule has 0 aliphatic heterocycles. The van der Waals surface area contributed by atoms with Gasteiger partial charge in [-0.3, -0.25) is 4.79 Å². The molecule has 0 spiro atoms. The maximum atomic E-state index is 10.7. The average molecular weight is 158 g/mol. The first-order valence-corrected chi connectivity index (χ1v) is 3.52. The van der Waals surface area contributed by atoms with E-state index in [1.807, 2.05) is 6.92 Å². The van der Waals surface area contributed by atoms with Crippen LogP contribution in [0, 0.1) is 6.92 Å². The summed E-state index contributed by atoms with van der Waals surface area (Å²) in [6.07, 6.45) is 0. The number of aromatic amines is 1. The number of pyridine rings is 1. The van der Waals surface area contributed by atoms with Crippen LogP contribution in [0.2, 0.25) is 0 Å². The maximum Gasteiger partial charge on any atom is 0.248 e. The summed E-state index contributed by atoms with van der Waals surface area (Å²) in [7, 11) is 0. The van der Waals surface area contributed by atoms with Crippen molar-refractivity contribution in [3.05, 3.63) is 33.7 Å². The molecular formula is C7H8ClNO. The Morgan fingerprint density at radius 3 is 2.80 bits per heavy atom. The van der Waals surface area contributed by atoms with Crippen molar-refractivity contribution in [1.82, 2.24) is 4.98 Å². The van der Waals surface area contributed by atoms with Crippen LogP contribution in [0.1, 0.15) is 11.3 Å². The first-order valence-electron chi connectivity index (χ1n) is 2.99. The van der Waals surface area contributed by atoms with Gasteiger partial charge in [0, 0.05) is 11.8 Å². The molecule has 1 heterocycles. The van der Waals surface area contributed by atoms with Gasteiger partial charge in [0.05, 0.1) is 5.88 Å². The van der Waals surface area contributed by atoms with E-state index in [-0.39, 0.29) is 5.56 Å². The molecule has 0 aromatic carbocycles. The molecule has 0 radical (unpaired) electrons. The second-order valence-corrected chi connectivity index (χ2v) is 2.39. The molecule has 0 atom stereocenters. The van der Waals surface area contributed by atoms with E-state index < -0.39 is 0 Å². The second kappa shape index (κ2) is 2.88. The number of alkyl halides is 1. The van der Waals surface area contributed by atoms with Crippen molar-refractivity contribution in [3.63, 3.8) is 0 Å². The highest BCUT2D eigenvalue weighted by molar-refractivity contribution is 6.16. The third kappa shape index (κ3) is 1.39. The second-order valence-electron chi connectivity index (χ2n) is 2.12. The number of hydrogen-bond acceptors (Lipinski definition) is 1. The van der Waals surface area contributed by atoms with E-state index >= 15 is 0 Å². The lowest BCUT2D eigenvalue weighted by atomic mass is 10.2. The van der Waals surface area contributed by atoms with Crippen molar-refractivity contribution in [2.24, 2.45) is 0 Å². The van der Waals surface area contributed by atoms with Crippen LogP contribution in [0.15, 0.2) is 16.9 Å². The minimum atomic E-state index is -0.0961. The number of aromatic nitrogens is 1. The van der Waals surface area contributed by atoms with Crippen molar-refractivity contribution in [2.75, 3.05) is 0 Å². The van der Waals surface area contributed by atoms with E-state index in [0.717, 1.165) is 11.3 Å². The van der Waals surface area contributed by atoms with Gasteiger partial charge in [-0.25, -0.2) is 0 Å². The third-order valence-corrected chi connectivity index (χ3v) is 1.64. The lowest BCUT2D eigenvalue weighted by molar-refractivity contribution is 1.08. The molecule has 1 N–H and O–H groups in total. The highest BCUT2D eigenvalue weighted by Crippen LogP contribution is 2.02. The predicted molar refractivity (Wildman–Crippen MR) is 41.4 cm³/mol. The number of rotatable bonds is 1. The molecule has 1 aromatic rings. The van der Waals surface area contributed by atoms with Crippen molar-refractivity contribution in [2.45, 2.75) is 12.8 Å². The highest BCUT2D eigenvalue weighted by atomic mass is 35.5. The van der Waals surface area contributed by atoms with Crippen LogP contribution in [0.3, 0.4) is 0 Å². The van der Waals surface area contributed by atoms with Crippen LogP contribution in [-0.2, 0) is 5.88 Å². The molecule has 0 aliphatic carbocycles. The summed E-state index contributed by atoms with van der Waals surface area (Å²) in [5.41, 5.74) is 1.73. The zero-order valence-electron chi connectivity index (χ0n) is 5.65. The van der Waals surface area contributed by atoms with Crippen LogP contribution < -0.4 is 5.56 Å². The fraction of sp³-hybridized carbons (Fsp3) is 0.286. The minimum absolute atomic E-state index is 0.0961. The van der Waals surface area contributed by atoms with E-state index in [2.05, 4.69) is 4.98 Å². The fourth-order valence-electron chi connectivity index (χ4n) is 0.729. The summed E-state index contributed by atoms with van der Waals surface area (Å²) in [6, 6.07) is 3.25. The molecule has 0 amide bonds. The summed E-state index contributed by atoms with van der Waals surface area (Å²) in [4.78, 5) is 13.3. The van der Waals surface area contributed by atoms with Gasteiger partial charge < -0.3 is 4.98 Å². The summed E-state index contributed by atoms with van der Waals surface area (Å²) in [5, 5.41) is 0. The quantitative estimate of drug-likeness (QED) is 0.615. The summed E-state index contributed by atoms with van der Waals surface area (Å²) in [6.45, 7) is 1.91. The van der Waals surface area contributed by atoms with E-state index in [9.17, 15) is 4.79 Å². The molecular weight excluding hydrogens is 150 g/mol. The minimum Gasteiger partial charge on any atom is -0.325 e.